The zero-order valence-electron chi connectivity index (χ0n) is 10.8. The van der Waals surface area contributed by atoms with E-state index in [4.69, 9.17) is 0 Å². The van der Waals surface area contributed by atoms with Gasteiger partial charge in [0.05, 0.1) is 0 Å². The molecule has 2 fully saturated rings. The standard InChI is InChI=1S/C15H22B/c1-11-4-5-12-6-7-14(2)8-9-15(3,16-14)13(12)10-11/h4-5,10,12-13H,6-9H2,1-3H3. The normalized spacial score (nSPS) is 50.3. The SMILES string of the molecule is CC1=CC2C(C=C1)CCC1(C)[B]C2(C)CC1. The monoisotopic (exact) mass is 213 g/mol. The van der Waals surface area contributed by atoms with Crippen LogP contribution >= 0.6 is 0 Å². The van der Waals surface area contributed by atoms with Crippen molar-refractivity contribution in [1.29, 1.82) is 0 Å². The minimum Gasteiger partial charge on any atom is -0.0806 e. The summed E-state index contributed by atoms with van der Waals surface area (Å²) in [5, 5.41) is 0.990. The molecule has 4 atom stereocenters. The van der Waals surface area contributed by atoms with Gasteiger partial charge in [0.25, 0.3) is 0 Å². The zero-order valence-corrected chi connectivity index (χ0v) is 10.8. The molecule has 85 valence electrons. The summed E-state index contributed by atoms with van der Waals surface area (Å²) in [5.41, 5.74) is 1.46. The van der Waals surface area contributed by atoms with Gasteiger partial charge in [0.15, 0.2) is 0 Å². The summed E-state index contributed by atoms with van der Waals surface area (Å²) in [6, 6.07) is 0. The van der Waals surface area contributed by atoms with Crippen LogP contribution in [0, 0.1) is 11.8 Å². The van der Waals surface area contributed by atoms with Gasteiger partial charge in [-0.2, -0.15) is 0 Å². The molecule has 2 bridgehead atoms. The fourth-order valence-electron chi connectivity index (χ4n) is 4.26. The molecule has 2 aliphatic heterocycles. The maximum atomic E-state index is 2.70. The Morgan fingerprint density at radius 1 is 1.25 bits per heavy atom. The molecule has 2 saturated heterocycles. The molecule has 0 spiro atoms. The summed E-state index contributed by atoms with van der Waals surface area (Å²) in [7, 11) is 2.70. The van der Waals surface area contributed by atoms with Crippen LogP contribution in [-0.2, 0) is 0 Å². The third kappa shape index (κ3) is 1.51. The third-order valence-electron chi connectivity index (χ3n) is 5.23. The lowest BCUT2D eigenvalue weighted by molar-refractivity contribution is 0.300. The van der Waals surface area contributed by atoms with Gasteiger partial charge in [0.1, 0.15) is 7.28 Å². The predicted octanol–water partition coefficient (Wildman–Crippen LogP) is 4.38. The highest BCUT2D eigenvalue weighted by atomic mass is 14.5. The molecule has 1 heteroatoms. The Hall–Kier alpha value is -0.455. The predicted molar refractivity (Wildman–Crippen MR) is 70.8 cm³/mol. The van der Waals surface area contributed by atoms with Crippen LogP contribution < -0.4 is 0 Å². The molecule has 0 aromatic heterocycles. The van der Waals surface area contributed by atoms with Gasteiger partial charge < -0.3 is 0 Å². The molecule has 16 heavy (non-hydrogen) atoms. The van der Waals surface area contributed by atoms with E-state index in [1.807, 2.05) is 0 Å². The molecule has 0 aromatic rings. The minimum absolute atomic E-state index is 0.460. The molecular formula is C15H22B. The molecular weight excluding hydrogens is 191 g/mol. The second-order valence-corrected chi connectivity index (χ2v) is 6.80. The van der Waals surface area contributed by atoms with Crippen LogP contribution in [0.5, 0.6) is 0 Å². The highest BCUT2D eigenvalue weighted by molar-refractivity contribution is 6.45. The largest absolute Gasteiger partial charge is 0.126 e. The Bertz CT molecular complexity index is 368. The van der Waals surface area contributed by atoms with Gasteiger partial charge >= 0.3 is 0 Å². The van der Waals surface area contributed by atoms with Gasteiger partial charge in [0, 0.05) is 0 Å². The van der Waals surface area contributed by atoms with Crippen molar-refractivity contribution >= 4 is 7.28 Å². The van der Waals surface area contributed by atoms with Gasteiger partial charge in [-0.1, -0.05) is 67.5 Å². The van der Waals surface area contributed by atoms with Crippen molar-refractivity contribution in [3.05, 3.63) is 23.8 Å². The molecule has 0 nitrogen and oxygen atoms in total. The fourth-order valence-corrected chi connectivity index (χ4v) is 4.26. The first kappa shape index (κ1) is 10.7. The van der Waals surface area contributed by atoms with E-state index in [2.05, 4.69) is 46.3 Å². The highest BCUT2D eigenvalue weighted by Crippen LogP contribution is 2.63. The van der Waals surface area contributed by atoms with Crippen LogP contribution in [0.1, 0.15) is 46.5 Å². The number of allylic oxidation sites excluding steroid dienone is 4. The fraction of sp³-hybridized carbons (Fsp3) is 0.733. The first-order valence-electron chi connectivity index (χ1n) is 6.75. The van der Waals surface area contributed by atoms with Gasteiger partial charge in [0.2, 0.25) is 0 Å². The number of hydrogen-bond acceptors (Lipinski definition) is 0. The van der Waals surface area contributed by atoms with Crippen LogP contribution in [0.25, 0.3) is 0 Å². The van der Waals surface area contributed by atoms with Crippen molar-refractivity contribution in [1.82, 2.24) is 0 Å². The maximum absolute atomic E-state index is 2.70. The molecule has 1 radical (unpaired) electrons. The van der Waals surface area contributed by atoms with Crippen LogP contribution in [0.15, 0.2) is 23.8 Å². The van der Waals surface area contributed by atoms with Crippen LogP contribution in [-0.4, -0.2) is 7.28 Å². The van der Waals surface area contributed by atoms with Crippen LogP contribution in [0.2, 0.25) is 10.6 Å². The second kappa shape index (κ2) is 3.27. The average Bonchev–Trinajstić information content (AvgIpc) is 2.49. The first-order chi connectivity index (χ1) is 7.51. The van der Waals surface area contributed by atoms with E-state index < -0.39 is 0 Å². The van der Waals surface area contributed by atoms with Crippen LogP contribution in [0.3, 0.4) is 0 Å². The quantitative estimate of drug-likeness (QED) is 0.523. The molecule has 1 aliphatic carbocycles. The van der Waals surface area contributed by atoms with E-state index >= 15 is 0 Å². The zero-order chi connectivity index (χ0) is 11.4. The minimum atomic E-state index is 0.460. The Kier molecular flexibility index (Phi) is 2.19. The summed E-state index contributed by atoms with van der Waals surface area (Å²) < 4.78 is 0. The number of fused-ring (bicyclic) bond motifs is 4. The smallest absolute Gasteiger partial charge is 0.0806 e. The Balaban J connectivity index is 1.99. The Morgan fingerprint density at radius 3 is 2.88 bits per heavy atom. The van der Waals surface area contributed by atoms with Gasteiger partial charge in [-0.05, 0) is 25.2 Å². The van der Waals surface area contributed by atoms with E-state index in [1.165, 1.54) is 31.3 Å². The summed E-state index contributed by atoms with van der Waals surface area (Å²) in [6.45, 7) is 7.20. The van der Waals surface area contributed by atoms with Crippen molar-refractivity contribution < 1.29 is 0 Å². The van der Waals surface area contributed by atoms with E-state index in [-0.39, 0.29) is 0 Å². The maximum Gasteiger partial charge on any atom is 0.126 e. The second-order valence-electron chi connectivity index (χ2n) is 6.80. The van der Waals surface area contributed by atoms with Crippen molar-refractivity contribution in [2.24, 2.45) is 11.8 Å². The van der Waals surface area contributed by atoms with E-state index in [1.54, 1.807) is 0 Å². The highest BCUT2D eigenvalue weighted by Gasteiger charge is 2.51. The van der Waals surface area contributed by atoms with Crippen molar-refractivity contribution in [2.45, 2.75) is 57.1 Å². The van der Waals surface area contributed by atoms with Crippen molar-refractivity contribution in [3.63, 3.8) is 0 Å². The number of rotatable bonds is 0. The molecule has 0 aromatic carbocycles. The molecule has 0 N–H and O–H groups in total. The topological polar surface area (TPSA) is 0 Å². The molecule has 0 amide bonds. The summed E-state index contributed by atoms with van der Waals surface area (Å²) in [6.07, 6.45) is 12.9. The number of hydrogen-bond donors (Lipinski definition) is 0. The Labute approximate surface area is 100 Å². The molecule has 0 saturated carbocycles. The average molecular weight is 213 g/mol. The van der Waals surface area contributed by atoms with Gasteiger partial charge in [-0.15, -0.1) is 0 Å². The summed E-state index contributed by atoms with van der Waals surface area (Å²) >= 11 is 0. The van der Waals surface area contributed by atoms with Gasteiger partial charge in [-0.25, -0.2) is 0 Å². The van der Waals surface area contributed by atoms with Gasteiger partial charge in [-0.3, -0.25) is 0 Å². The van der Waals surface area contributed by atoms with E-state index in [0.29, 0.717) is 10.6 Å². The first-order valence-corrected chi connectivity index (χ1v) is 6.75. The lowest BCUT2D eigenvalue weighted by Gasteiger charge is -2.38. The summed E-state index contributed by atoms with van der Waals surface area (Å²) in [5.74, 6) is 1.56. The summed E-state index contributed by atoms with van der Waals surface area (Å²) in [4.78, 5) is 0. The van der Waals surface area contributed by atoms with Crippen molar-refractivity contribution in [3.8, 4) is 0 Å². The lowest BCUT2D eigenvalue weighted by Crippen LogP contribution is -2.27. The van der Waals surface area contributed by atoms with E-state index in [0.717, 1.165) is 11.8 Å². The van der Waals surface area contributed by atoms with Crippen molar-refractivity contribution in [2.75, 3.05) is 0 Å². The third-order valence-corrected chi connectivity index (χ3v) is 5.23. The lowest BCUT2D eigenvalue weighted by atomic mass is 9.42. The molecule has 3 rings (SSSR count). The Morgan fingerprint density at radius 2 is 2.06 bits per heavy atom. The molecule has 4 unspecified atom stereocenters. The molecule has 3 aliphatic rings. The molecule has 2 heterocycles. The van der Waals surface area contributed by atoms with E-state index in [9.17, 15) is 0 Å². The van der Waals surface area contributed by atoms with Crippen LogP contribution in [0.4, 0.5) is 0 Å².